The van der Waals surface area contributed by atoms with Gasteiger partial charge >= 0.3 is 0 Å². The number of para-hydroxylation sites is 1. The maximum Gasteiger partial charge on any atom is 0.276 e. The van der Waals surface area contributed by atoms with Gasteiger partial charge in [0.15, 0.2) is 11.7 Å². The van der Waals surface area contributed by atoms with Crippen LogP contribution in [-0.4, -0.2) is 30.1 Å². The third kappa shape index (κ3) is 9.57. The second-order valence-corrected chi connectivity index (χ2v) is 8.80. The van der Waals surface area contributed by atoms with Crippen LogP contribution in [0.1, 0.15) is 49.4 Å². The first-order valence-electron chi connectivity index (χ1n) is 12.5. The molecule has 0 aromatic heterocycles. The van der Waals surface area contributed by atoms with E-state index in [2.05, 4.69) is 23.1 Å². The van der Waals surface area contributed by atoms with Crippen molar-refractivity contribution in [2.45, 2.75) is 39.0 Å². The average molecular weight is 520 g/mol. The number of rotatable bonds is 12. The van der Waals surface area contributed by atoms with Crippen LogP contribution in [0.3, 0.4) is 0 Å². The highest BCUT2D eigenvalue weighted by Crippen LogP contribution is 2.29. The van der Waals surface area contributed by atoms with Crippen molar-refractivity contribution in [3.8, 4) is 22.6 Å². The van der Waals surface area contributed by atoms with E-state index in [9.17, 15) is 9.59 Å². The molecule has 0 spiro atoms. The lowest BCUT2D eigenvalue weighted by atomic mass is 10.1. The third-order valence-corrected chi connectivity index (χ3v) is 5.71. The zero-order valence-corrected chi connectivity index (χ0v) is 21.8. The summed E-state index contributed by atoms with van der Waals surface area (Å²) in [6.45, 7) is 2.62. The Bertz CT molecular complexity index is 1150. The van der Waals surface area contributed by atoms with Crippen LogP contribution in [0.25, 0.3) is 11.1 Å². The van der Waals surface area contributed by atoms with Crippen molar-refractivity contribution < 1.29 is 19.1 Å². The van der Waals surface area contributed by atoms with E-state index >= 15 is 0 Å². The van der Waals surface area contributed by atoms with Gasteiger partial charge in [0.2, 0.25) is 0 Å². The van der Waals surface area contributed by atoms with Gasteiger partial charge in [-0.15, -0.1) is 0 Å². The quantitative estimate of drug-likeness (QED) is 0.168. The molecule has 3 rings (SSSR count). The Kier molecular flexibility index (Phi) is 11.4. The van der Waals surface area contributed by atoms with Crippen LogP contribution < -0.4 is 25.6 Å². The van der Waals surface area contributed by atoms with Gasteiger partial charge in [0.25, 0.3) is 11.8 Å². The maximum absolute atomic E-state index is 12.4. The van der Waals surface area contributed by atoms with Crippen LogP contribution in [0.4, 0.5) is 0 Å². The molecule has 0 bridgehead atoms. The molecule has 0 aliphatic heterocycles. The van der Waals surface area contributed by atoms with E-state index in [1.165, 1.54) is 19.3 Å². The molecule has 0 saturated carbocycles. The lowest BCUT2D eigenvalue weighted by Gasteiger charge is -2.13. The molecular formula is C29H33N3O4S. The van der Waals surface area contributed by atoms with E-state index < -0.39 is 11.8 Å². The van der Waals surface area contributed by atoms with Crippen molar-refractivity contribution in [2.24, 2.45) is 0 Å². The lowest BCUT2D eigenvalue weighted by molar-refractivity contribution is -0.123. The van der Waals surface area contributed by atoms with Crippen molar-refractivity contribution in [1.29, 1.82) is 0 Å². The molecule has 37 heavy (non-hydrogen) atoms. The van der Waals surface area contributed by atoms with E-state index in [4.69, 9.17) is 21.7 Å². The fourth-order valence-electron chi connectivity index (χ4n) is 3.56. The van der Waals surface area contributed by atoms with Gasteiger partial charge in [-0.1, -0.05) is 81.1 Å². The standard InChI is InChI=1S/C29H33N3O4S/c1-2-3-4-5-11-20-35-24-18-16-23(17-19-24)28(34)30-29(37)32-31-27(33)21-36-26-15-10-9-14-25(26)22-12-7-6-8-13-22/h6-10,12-19H,2-5,11,20-21H2,1H3,(H,31,33)(H2,30,32,34,37). The first-order valence-corrected chi connectivity index (χ1v) is 12.9. The van der Waals surface area contributed by atoms with Crippen molar-refractivity contribution >= 4 is 29.1 Å². The summed E-state index contributed by atoms with van der Waals surface area (Å²) in [4.78, 5) is 24.7. The number of carbonyl (C=O) groups excluding carboxylic acids is 2. The number of hydrogen-bond donors (Lipinski definition) is 3. The Balaban J connectivity index is 1.38. The molecule has 7 nitrogen and oxygen atoms in total. The highest BCUT2D eigenvalue weighted by atomic mass is 32.1. The Labute approximate surface area is 223 Å². The molecule has 0 atom stereocenters. The minimum absolute atomic E-state index is 0.0320. The number of amides is 2. The number of hydrogen-bond acceptors (Lipinski definition) is 5. The maximum atomic E-state index is 12.4. The van der Waals surface area contributed by atoms with E-state index in [-0.39, 0.29) is 11.7 Å². The van der Waals surface area contributed by atoms with Gasteiger partial charge in [0.1, 0.15) is 11.5 Å². The average Bonchev–Trinajstić information content (AvgIpc) is 2.93. The van der Waals surface area contributed by atoms with Crippen molar-refractivity contribution in [3.63, 3.8) is 0 Å². The summed E-state index contributed by atoms with van der Waals surface area (Å²) < 4.78 is 11.4. The van der Waals surface area contributed by atoms with Gasteiger partial charge in [-0.05, 0) is 54.5 Å². The van der Waals surface area contributed by atoms with E-state index in [1.807, 2.05) is 48.5 Å². The summed E-state index contributed by atoms with van der Waals surface area (Å²) in [5, 5.41) is 2.50. The summed E-state index contributed by atoms with van der Waals surface area (Å²) in [6.07, 6.45) is 5.86. The van der Waals surface area contributed by atoms with E-state index in [0.29, 0.717) is 23.7 Å². The largest absolute Gasteiger partial charge is 0.494 e. The number of nitrogens with one attached hydrogen (secondary N) is 3. The Morgan fingerprint density at radius 2 is 1.49 bits per heavy atom. The molecule has 0 saturated heterocycles. The van der Waals surface area contributed by atoms with Crippen LogP contribution in [0.5, 0.6) is 11.5 Å². The molecule has 0 radical (unpaired) electrons. The predicted octanol–water partition coefficient (Wildman–Crippen LogP) is 5.42. The normalized spacial score (nSPS) is 10.3. The molecule has 3 aromatic carbocycles. The summed E-state index contributed by atoms with van der Waals surface area (Å²) >= 11 is 5.11. The van der Waals surface area contributed by atoms with Crippen LogP contribution in [0, 0.1) is 0 Å². The number of unbranched alkanes of at least 4 members (excludes halogenated alkanes) is 4. The first kappa shape index (κ1) is 27.7. The van der Waals surface area contributed by atoms with Gasteiger partial charge < -0.3 is 9.47 Å². The molecule has 194 valence electrons. The van der Waals surface area contributed by atoms with Crippen LogP contribution in [0.15, 0.2) is 78.9 Å². The Morgan fingerprint density at radius 3 is 2.24 bits per heavy atom. The van der Waals surface area contributed by atoms with Crippen LogP contribution in [0.2, 0.25) is 0 Å². The number of hydrazine groups is 1. The number of thiocarbonyl (C=S) groups is 1. The van der Waals surface area contributed by atoms with Gasteiger partial charge in [-0.25, -0.2) is 0 Å². The molecule has 0 unspecified atom stereocenters. The zero-order valence-electron chi connectivity index (χ0n) is 21.0. The SMILES string of the molecule is CCCCCCCOc1ccc(C(=O)NC(=S)NNC(=O)COc2ccccc2-c2ccccc2)cc1. The molecule has 8 heteroatoms. The van der Waals surface area contributed by atoms with E-state index in [1.54, 1.807) is 30.3 Å². The second-order valence-electron chi connectivity index (χ2n) is 8.39. The monoisotopic (exact) mass is 519 g/mol. The number of carbonyl (C=O) groups is 2. The molecule has 0 heterocycles. The summed E-state index contributed by atoms with van der Waals surface area (Å²) in [5.74, 6) is 0.457. The minimum atomic E-state index is -0.448. The highest BCUT2D eigenvalue weighted by molar-refractivity contribution is 7.80. The summed E-state index contributed by atoms with van der Waals surface area (Å²) in [6, 6.07) is 24.1. The third-order valence-electron chi connectivity index (χ3n) is 5.51. The number of ether oxygens (including phenoxy) is 2. The summed E-state index contributed by atoms with van der Waals surface area (Å²) in [5.41, 5.74) is 7.25. The van der Waals surface area contributed by atoms with Crippen molar-refractivity contribution in [2.75, 3.05) is 13.2 Å². The van der Waals surface area contributed by atoms with Crippen molar-refractivity contribution in [1.82, 2.24) is 16.2 Å². The molecule has 3 N–H and O–H groups in total. The molecule has 0 fully saturated rings. The molecule has 0 aliphatic carbocycles. The highest BCUT2D eigenvalue weighted by Gasteiger charge is 2.11. The fourth-order valence-corrected chi connectivity index (χ4v) is 3.70. The van der Waals surface area contributed by atoms with Gasteiger partial charge in [0.05, 0.1) is 6.61 Å². The van der Waals surface area contributed by atoms with Gasteiger partial charge in [0, 0.05) is 11.1 Å². The van der Waals surface area contributed by atoms with Crippen molar-refractivity contribution in [3.05, 3.63) is 84.4 Å². The topological polar surface area (TPSA) is 88.7 Å². The second kappa shape index (κ2) is 15.3. The smallest absolute Gasteiger partial charge is 0.276 e. The molecule has 0 aliphatic rings. The van der Waals surface area contributed by atoms with Gasteiger partial charge in [-0.3, -0.25) is 25.8 Å². The minimum Gasteiger partial charge on any atom is -0.494 e. The summed E-state index contributed by atoms with van der Waals surface area (Å²) in [7, 11) is 0. The molecular weight excluding hydrogens is 486 g/mol. The van der Waals surface area contributed by atoms with Gasteiger partial charge in [-0.2, -0.15) is 0 Å². The molecule has 2 amide bonds. The molecule has 3 aromatic rings. The fraction of sp³-hybridized carbons (Fsp3) is 0.276. The first-order chi connectivity index (χ1) is 18.1. The Hall–Kier alpha value is -3.91. The number of benzene rings is 3. The lowest BCUT2D eigenvalue weighted by Crippen LogP contribution is -2.49. The predicted molar refractivity (Wildman–Crippen MR) is 149 cm³/mol. The van der Waals surface area contributed by atoms with Crippen LogP contribution in [-0.2, 0) is 4.79 Å². The zero-order chi connectivity index (χ0) is 26.3. The Morgan fingerprint density at radius 1 is 0.784 bits per heavy atom. The van der Waals surface area contributed by atoms with E-state index in [0.717, 1.165) is 24.0 Å². The van der Waals surface area contributed by atoms with Crippen LogP contribution >= 0.6 is 12.2 Å².